The fraction of sp³-hybridized carbons (Fsp3) is 0.438. The fourth-order valence-corrected chi connectivity index (χ4v) is 2.75. The molecule has 1 aromatic carbocycles. The quantitative estimate of drug-likeness (QED) is 0.787. The molecule has 114 valence electrons. The Morgan fingerprint density at radius 2 is 2.10 bits per heavy atom. The van der Waals surface area contributed by atoms with Crippen molar-refractivity contribution in [1.29, 1.82) is 0 Å². The molecule has 2 aromatic rings. The molecule has 2 N–H and O–H groups in total. The van der Waals surface area contributed by atoms with E-state index in [-0.39, 0.29) is 6.04 Å². The van der Waals surface area contributed by atoms with Crippen molar-refractivity contribution < 1.29 is 9.84 Å². The van der Waals surface area contributed by atoms with Crippen LogP contribution in [0.3, 0.4) is 0 Å². The van der Waals surface area contributed by atoms with Gasteiger partial charge in [-0.2, -0.15) is 0 Å². The molecule has 0 fully saturated rings. The predicted octanol–water partition coefficient (Wildman–Crippen LogP) is 2.68. The zero-order chi connectivity index (χ0) is 15.1. The molecule has 0 saturated carbocycles. The minimum absolute atomic E-state index is 0.146. The molecule has 1 aromatic heterocycles. The van der Waals surface area contributed by atoms with Crippen LogP contribution in [0.15, 0.2) is 35.7 Å². The van der Waals surface area contributed by atoms with Gasteiger partial charge in [-0.3, -0.25) is 0 Å². The van der Waals surface area contributed by atoms with E-state index in [4.69, 9.17) is 4.74 Å². The van der Waals surface area contributed by atoms with Crippen LogP contribution in [-0.4, -0.2) is 29.3 Å². The van der Waals surface area contributed by atoms with Crippen LogP contribution in [0.4, 0.5) is 0 Å². The van der Waals surface area contributed by atoms with E-state index >= 15 is 0 Å². The number of thiazole rings is 1. The Morgan fingerprint density at radius 3 is 2.76 bits per heavy atom. The Bertz CT molecular complexity index is 530. The lowest BCUT2D eigenvalue weighted by Gasteiger charge is -2.15. The van der Waals surface area contributed by atoms with Crippen LogP contribution in [0.25, 0.3) is 0 Å². The highest BCUT2D eigenvalue weighted by molar-refractivity contribution is 7.09. The van der Waals surface area contributed by atoms with E-state index in [9.17, 15) is 5.11 Å². The largest absolute Gasteiger partial charge is 0.389 e. The summed E-state index contributed by atoms with van der Waals surface area (Å²) in [5.74, 6) is 0. The lowest BCUT2D eigenvalue weighted by molar-refractivity contribution is 0.0278. The van der Waals surface area contributed by atoms with Gasteiger partial charge >= 0.3 is 0 Å². The smallest absolute Gasteiger partial charge is 0.110 e. The highest BCUT2D eigenvalue weighted by atomic mass is 32.1. The number of aliphatic hydroxyl groups excluding tert-OH is 1. The zero-order valence-corrected chi connectivity index (χ0v) is 13.3. The molecule has 2 atom stereocenters. The molecule has 0 radical (unpaired) electrons. The van der Waals surface area contributed by atoms with Crippen LogP contribution in [-0.2, 0) is 11.3 Å². The van der Waals surface area contributed by atoms with Gasteiger partial charge in [-0.15, -0.1) is 11.3 Å². The summed E-state index contributed by atoms with van der Waals surface area (Å²) >= 11 is 1.64. The Morgan fingerprint density at radius 1 is 1.33 bits per heavy atom. The molecule has 0 aliphatic carbocycles. The van der Waals surface area contributed by atoms with Crippen molar-refractivity contribution in [1.82, 2.24) is 10.3 Å². The van der Waals surface area contributed by atoms with Crippen LogP contribution >= 0.6 is 11.3 Å². The van der Waals surface area contributed by atoms with E-state index < -0.39 is 6.10 Å². The summed E-state index contributed by atoms with van der Waals surface area (Å²) < 4.78 is 5.52. The first-order valence-electron chi connectivity index (χ1n) is 7.10. The predicted molar refractivity (Wildman–Crippen MR) is 85.4 cm³/mol. The summed E-state index contributed by atoms with van der Waals surface area (Å²) in [6.45, 7) is 5.38. The molecule has 4 nitrogen and oxygen atoms in total. The van der Waals surface area contributed by atoms with Crippen LogP contribution in [0.5, 0.6) is 0 Å². The van der Waals surface area contributed by atoms with E-state index in [2.05, 4.69) is 17.2 Å². The number of hydrogen-bond acceptors (Lipinski definition) is 5. The first kappa shape index (κ1) is 16.1. The van der Waals surface area contributed by atoms with Gasteiger partial charge in [-0.1, -0.05) is 30.3 Å². The van der Waals surface area contributed by atoms with Gasteiger partial charge in [-0.05, 0) is 19.4 Å². The maximum absolute atomic E-state index is 9.92. The van der Waals surface area contributed by atoms with Gasteiger partial charge in [0.1, 0.15) is 5.01 Å². The summed E-state index contributed by atoms with van der Waals surface area (Å²) in [6, 6.07) is 10.1. The van der Waals surface area contributed by atoms with Crippen LogP contribution in [0, 0.1) is 6.92 Å². The van der Waals surface area contributed by atoms with Gasteiger partial charge in [-0.25, -0.2) is 4.98 Å². The molecule has 0 spiro atoms. The standard InChI is InChI=1S/C16H22N2O2S/c1-12-11-21-16(18-12)13(2)17-8-15(19)10-20-9-14-6-4-3-5-7-14/h3-7,11,13,15,17,19H,8-10H2,1-2H3. The topological polar surface area (TPSA) is 54.4 Å². The minimum atomic E-state index is -0.516. The summed E-state index contributed by atoms with van der Waals surface area (Å²) in [7, 11) is 0. The number of nitrogens with one attached hydrogen (secondary N) is 1. The lowest BCUT2D eigenvalue weighted by atomic mass is 10.2. The minimum Gasteiger partial charge on any atom is -0.389 e. The number of benzene rings is 1. The summed E-state index contributed by atoms with van der Waals surface area (Å²) in [6.07, 6.45) is -0.516. The molecule has 5 heteroatoms. The SMILES string of the molecule is Cc1csc(C(C)NCC(O)COCc2ccccc2)n1. The number of aliphatic hydroxyl groups is 1. The number of aromatic nitrogens is 1. The summed E-state index contributed by atoms with van der Waals surface area (Å²) in [5.41, 5.74) is 2.15. The Kier molecular flexibility index (Phi) is 6.32. The monoisotopic (exact) mass is 306 g/mol. The average Bonchev–Trinajstić information content (AvgIpc) is 2.92. The van der Waals surface area contributed by atoms with Crippen molar-refractivity contribution in [3.8, 4) is 0 Å². The summed E-state index contributed by atoms with van der Waals surface area (Å²) in [5, 5.41) is 16.3. The molecule has 0 saturated heterocycles. The fourth-order valence-electron chi connectivity index (χ4n) is 1.92. The van der Waals surface area contributed by atoms with Crippen molar-refractivity contribution >= 4 is 11.3 Å². The Labute approximate surface area is 129 Å². The third-order valence-electron chi connectivity index (χ3n) is 3.09. The maximum Gasteiger partial charge on any atom is 0.110 e. The van der Waals surface area contributed by atoms with Crippen molar-refractivity contribution in [3.63, 3.8) is 0 Å². The van der Waals surface area contributed by atoms with Crippen molar-refractivity contribution in [3.05, 3.63) is 52.0 Å². The van der Waals surface area contributed by atoms with E-state index in [1.807, 2.05) is 42.6 Å². The van der Waals surface area contributed by atoms with Gasteiger partial charge in [0.25, 0.3) is 0 Å². The normalized spacial score (nSPS) is 14.0. The number of nitrogens with zero attached hydrogens (tertiary/aromatic N) is 1. The van der Waals surface area contributed by atoms with Gasteiger partial charge in [0.2, 0.25) is 0 Å². The van der Waals surface area contributed by atoms with E-state index in [1.54, 1.807) is 11.3 Å². The van der Waals surface area contributed by atoms with Gasteiger partial charge in [0, 0.05) is 17.6 Å². The molecule has 2 unspecified atom stereocenters. The molecular weight excluding hydrogens is 284 g/mol. The Hall–Kier alpha value is -1.27. The van der Waals surface area contributed by atoms with Gasteiger partial charge in [0.15, 0.2) is 0 Å². The Balaban J connectivity index is 1.64. The number of ether oxygens (including phenoxy) is 1. The molecule has 2 rings (SSSR count). The van der Waals surface area contributed by atoms with E-state index in [0.717, 1.165) is 16.3 Å². The molecule has 0 aliphatic heterocycles. The molecule has 0 aliphatic rings. The second-order valence-electron chi connectivity index (χ2n) is 5.11. The molecule has 21 heavy (non-hydrogen) atoms. The second kappa shape index (κ2) is 8.24. The number of hydrogen-bond donors (Lipinski definition) is 2. The highest BCUT2D eigenvalue weighted by Crippen LogP contribution is 2.17. The van der Waals surface area contributed by atoms with Crippen molar-refractivity contribution in [2.75, 3.05) is 13.2 Å². The van der Waals surface area contributed by atoms with Crippen LogP contribution < -0.4 is 5.32 Å². The molecule has 0 amide bonds. The van der Waals surface area contributed by atoms with E-state index in [1.165, 1.54) is 0 Å². The number of rotatable bonds is 8. The van der Waals surface area contributed by atoms with E-state index in [0.29, 0.717) is 19.8 Å². The average molecular weight is 306 g/mol. The molecule has 0 bridgehead atoms. The van der Waals surface area contributed by atoms with Crippen molar-refractivity contribution in [2.24, 2.45) is 0 Å². The number of aryl methyl sites for hydroxylation is 1. The maximum atomic E-state index is 9.92. The van der Waals surface area contributed by atoms with Gasteiger partial charge in [0.05, 0.1) is 25.4 Å². The lowest BCUT2D eigenvalue weighted by Crippen LogP contribution is -2.32. The zero-order valence-electron chi connectivity index (χ0n) is 12.5. The first-order valence-corrected chi connectivity index (χ1v) is 7.98. The summed E-state index contributed by atoms with van der Waals surface area (Å²) in [4.78, 5) is 4.43. The third-order valence-corrected chi connectivity index (χ3v) is 4.23. The highest BCUT2D eigenvalue weighted by Gasteiger charge is 2.11. The second-order valence-corrected chi connectivity index (χ2v) is 6.00. The van der Waals surface area contributed by atoms with Crippen LogP contribution in [0.2, 0.25) is 0 Å². The van der Waals surface area contributed by atoms with Crippen molar-refractivity contribution in [2.45, 2.75) is 32.6 Å². The van der Waals surface area contributed by atoms with Crippen LogP contribution in [0.1, 0.15) is 29.2 Å². The van der Waals surface area contributed by atoms with Gasteiger partial charge < -0.3 is 15.2 Å². The molecule has 1 heterocycles. The third kappa shape index (κ3) is 5.55. The first-order chi connectivity index (χ1) is 10.1. The molecular formula is C16H22N2O2S.